The predicted octanol–water partition coefficient (Wildman–Crippen LogP) is -3.05. The Morgan fingerprint density at radius 1 is 1.00 bits per heavy atom. The summed E-state index contributed by atoms with van der Waals surface area (Å²) in [5.74, 6) is 0. The number of quaternary nitrogens is 1. The van der Waals surface area contributed by atoms with Crippen molar-refractivity contribution in [1.82, 2.24) is 6.15 Å². The highest BCUT2D eigenvalue weighted by molar-refractivity contribution is 5.59. The molecule has 2 amide bonds. The molecule has 9 heavy (non-hydrogen) atoms. The van der Waals surface area contributed by atoms with E-state index in [2.05, 4.69) is 11.5 Å². The molecule has 0 aliphatic carbocycles. The zero-order valence-electron chi connectivity index (χ0n) is 4.79. The molecular weight excluding hydrogens is 130 g/mol. The van der Waals surface area contributed by atoms with Crippen LogP contribution in [0, 0.1) is 0 Å². The summed E-state index contributed by atoms with van der Waals surface area (Å²) >= 11 is 0. The minimum Gasteiger partial charge on any atom is -0.530 e. The number of nitrogens with two attached hydrogens (primary N) is 2. The third kappa shape index (κ3) is 58.5. The molecule has 56 valence electrons. The second-order valence-electron chi connectivity index (χ2n) is 0.638. The fourth-order valence-corrected chi connectivity index (χ4v) is 0. The molecule has 0 aromatic rings. The van der Waals surface area contributed by atoms with E-state index in [-0.39, 0.29) is 6.15 Å². The second kappa shape index (κ2) is 9.71. The number of amides is 2. The molecule has 0 radical (unpaired) electrons. The Bertz CT molecular complexity index is 71.8. The number of carbonyl (C=O) groups is 2. The zero-order chi connectivity index (χ0) is 7.15. The highest BCUT2D eigenvalue weighted by atomic mass is 16.4. The van der Waals surface area contributed by atoms with Crippen LogP contribution in [0.25, 0.3) is 0 Å². The Balaban J connectivity index is -0.0000000720. The molecule has 0 saturated carbocycles. The average Bonchev–Trinajstić information content (AvgIpc) is 1.25. The van der Waals surface area contributed by atoms with Gasteiger partial charge in [-0.25, -0.2) is 0 Å². The lowest BCUT2D eigenvalue weighted by Gasteiger charge is -1.78. The molecule has 8 N–H and O–H groups in total. The van der Waals surface area contributed by atoms with Crippen molar-refractivity contribution in [1.29, 1.82) is 0 Å². The van der Waals surface area contributed by atoms with E-state index in [0.717, 1.165) is 0 Å². The van der Waals surface area contributed by atoms with Crippen LogP contribution < -0.4 is 27.8 Å². The van der Waals surface area contributed by atoms with E-state index < -0.39 is 12.2 Å². The van der Waals surface area contributed by atoms with Crippen molar-refractivity contribution in [3.05, 3.63) is 0 Å². The van der Waals surface area contributed by atoms with Crippen molar-refractivity contribution < 1.29 is 19.8 Å². The maximum Gasteiger partial charge on any atom is 0.131 e. The van der Waals surface area contributed by atoms with Gasteiger partial charge in [0.2, 0.25) is 0 Å². The van der Waals surface area contributed by atoms with Crippen molar-refractivity contribution in [3.8, 4) is 0 Å². The largest absolute Gasteiger partial charge is 0.530 e. The van der Waals surface area contributed by atoms with Gasteiger partial charge in [0.05, 0.1) is 0 Å². The van der Waals surface area contributed by atoms with Crippen molar-refractivity contribution in [2.24, 2.45) is 11.5 Å². The van der Waals surface area contributed by atoms with Gasteiger partial charge in [0.15, 0.2) is 0 Å². The Hall–Kier alpha value is -1.50. The first-order chi connectivity index (χ1) is 3.46. The second-order valence-corrected chi connectivity index (χ2v) is 0.638. The van der Waals surface area contributed by atoms with Gasteiger partial charge in [-0.05, 0) is 0 Å². The lowest BCUT2D eigenvalue weighted by atomic mass is 11.3. The molecule has 0 spiro atoms. The van der Waals surface area contributed by atoms with Gasteiger partial charge in [0.1, 0.15) is 12.2 Å². The summed E-state index contributed by atoms with van der Waals surface area (Å²) < 4.78 is 0. The third-order valence-electron chi connectivity index (χ3n) is 0. The van der Waals surface area contributed by atoms with Gasteiger partial charge in [-0.15, -0.1) is 0 Å². The van der Waals surface area contributed by atoms with Gasteiger partial charge in [-0.2, -0.15) is 0 Å². The van der Waals surface area contributed by atoms with E-state index in [1.54, 1.807) is 0 Å². The van der Waals surface area contributed by atoms with Gasteiger partial charge in [-0.3, -0.25) is 0 Å². The molecule has 7 heteroatoms. The Kier molecular flexibility index (Phi) is 16.9. The van der Waals surface area contributed by atoms with Crippen molar-refractivity contribution in [2.45, 2.75) is 0 Å². The smallest absolute Gasteiger partial charge is 0.131 e. The third-order valence-corrected chi connectivity index (χ3v) is 0. The van der Waals surface area contributed by atoms with Crippen LogP contribution in [0.15, 0.2) is 0 Å². The van der Waals surface area contributed by atoms with Crippen LogP contribution in [0.1, 0.15) is 0 Å². The highest BCUT2D eigenvalue weighted by Crippen LogP contribution is 1.23. The number of carbonyl (C=O) groups excluding carboxylic acids is 2. The molecule has 0 saturated heterocycles. The maximum atomic E-state index is 8.67. The highest BCUT2D eigenvalue weighted by Gasteiger charge is 1.44. The molecule has 0 aromatic heterocycles. The molecule has 7 nitrogen and oxygen atoms in total. The SMILES string of the molecule is NC(=O)[O-].NC(=O)[O-].[NH4+]. The van der Waals surface area contributed by atoms with Gasteiger partial charge < -0.3 is 37.4 Å². The van der Waals surface area contributed by atoms with Crippen LogP contribution in [-0.2, 0) is 0 Å². The van der Waals surface area contributed by atoms with E-state index in [1.165, 1.54) is 0 Å². The number of hydrogen-bond donors (Lipinski definition) is 3. The summed E-state index contributed by atoms with van der Waals surface area (Å²) in [6.07, 6.45) is -3.17. The Morgan fingerprint density at radius 2 is 1.00 bits per heavy atom. The Morgan fingerprint density at radius 3 is 1.00 bits per heavy atom. The fraction of sp³-hybridized carbons (Fsp3) is 0. The van der Waals surface area contributed by atoms with Crippen LogP contribution in [-0.4, -0.2) is 12.2 Å². The van der Waals surface area contributed by atoms with Gasteiger partial charge in [0, 0.05) is 0 Å². The molecule has 0 aliphatic rings. The van der Waals surface area contributed by atoms with E-state index in [1.807, 2.05) is 0 Å². The van der Waals surface area contributed by atoms with Crippen LogP contribution in [0.4, 0.5) is 9.59 Å². The molecule has 0 aromatic carbocycles. The average molecular weight is 138 g/mol. The number of carboxylic acid groups (broad SMARTS) is 2. The van der Waals surface area contributed by atoms with E-state index in [0.29, 0.717) is 0 Å². The zero-order valence-corrected chi connectivity index (χ0v) is 4.79. The van der Waals surface area contributed by atoms with Crippen LogP contribution in [0.3, 0.4) is 0 Å². The van der Waals surface area contributed by atoms with Crippen LogP contribution >= 0.6 is 0 Å². The molecule has 0 rings (SSSR count). The van der Waals surface area contributed by atoms with Crippen LogP contribution in [0.5, 0.6) is 0 Å². The van der Waals surface area contributed by atoms with Crippen molar-refractivity contribution >= 4 is 12.2 Å². The standard InChI is InChI=1S/2CH3NO2.H3N/c2*2-1(3)4;/h2*2H2,(H,3,4);1H3/p-1. The summed E-state index contributed by atoms with van der Waals surface area (Å²) in [4.78, 5) is 17.3. The van der Waals surface area contributed by atoms with E-state index in [4.69, 9.17) is 19.8 Å². The lowest BCUT2D eigenvalue weighted by Crippen LogP contribution is -2.29. The number of rotatable bonds is 0. The molecule has 0 aliphatic heterocycles. The van der Waals surface area contributed by atoms with E-state index in [9.17, 15) is 0 Å². The maximum absolute atomic E-state index is 8.67. The molecule has 0 atom stereocenters. The van der Waals surface area contributed by atoms with Gasteiger partial charge in [0.25, 0.3) is 0 Å². The normalized spacial score (nSPS) is 5.33. The summed E-state index contributed by atoms with van der Waals surface area (Å²) in [5.41, 5.74) is 7.83. The summed E-state index contributed by atoms with van der Waals surface area (Å²) in [6, 6.07) is 0. The first kappa shape index (κ1) is 15.6. The van der Waals surface area contributed by atoms with Crippen LogP contribution in [0.2, 0.25) is 0 Å². The van der Waals surface area contributed by atoms with Gasteiger partial charge >= 0.3 is 0 Å². The summed E-state index contributed by atoms with van der Waals surface area (Å²) in [6.45, 7) is 0. The lowest BCUT2D eigenvalue weighted by molar-refractivity contribution is -0.246. The monoisotopic (exact) mass is 138 g/mol. The number of primary amides is 2. The molecule has 0 fully saturated rings. The first-order valence-corrected chi connectivity index (χ1v) is 1.39. The van der Waals surface area contributed by atoms with Crippen molar-refractivity contribution in [3.63, 3.8) is 0 Å². The Labute approximate surface area is 50.8 Å². The van der Waals surface area contributed by atoms with E-state index >= 15 is 0 Å². The molecule has 0 bridgehead atoms. The summed E-state index contributed by atoms with van der Waals surface area (Å²) in [7, 11) is 0. The van der Waals surface area contributed by atoms with Crippen molar-refractivity contribution in [2.75, 3.05) is 0 Å². The number of hydrogen-bond acceptors (Lipinski definition) is 4. The summed E-state index contributed by atoms with van der Waals surface area (Å²) in [5, 5.41) is 17.3. The topological polar surface area (TPSA) is 169 Å². The fourth-order valence-electron chi connectivity index (χ4n) is 0. The minimum atomic E-state index is -1.58. The minimum absolute atomic E-state index is 0. The molecule has 0 unspecified atom stereocenters. The van der Waals surface area contributed by atoms with Gasteiger partial charge in [-0.1, -0.05) is 0 Å². The molecule has 0 heterocycles. The quantitative estimate of drug-likeness (QED) is 0.323. The predicted molar refractivity (Wildman–Crippen MR) is 25.2 cm³/mol. The first-order valence-electron chi connectivity index (χ1n) is 1.39. The molecular formula is C2H8N3O4-.